The third-order valence-corrected chi connectivity index (χ3v) is 6.58. The standard InChI is InChI=1S/C27H28Cl2N4O3/c1-16(2)21-14-31-33(26-22(28)5-4-6-23(26)29)25(21)15-36-20-9-7-18(17(3)11-20)12-30-13-19-8-10-24(32-19)27(34)35/h4-11,14,16,30,32H,12-13,15H2,1-3H3,(H,34,35). The number of aromatic amines is 1. The summed E-state index contributed by atoms with van der Waals surface area (Å²) in [4.78, 5) is 13.9. The number of carbonyl (C=O) groups is 1. The molecule has 0 saturated carbocycles. The van der Waals surface area contributed by atoms with Crippen LogP contribution in [0.3, 0.4) is 0 Å². The Balaban J connectivity index is 1.45. The Morgan fingerprint density at radius 1 is 1.14 bits per heavy atom. The van der Waals surface area contributed by atoms with Crippen molar-refractivity contribution in [1.29, 1.82) is 0 Å². The van der Waals surface area contributed by atoms with Crippen molar-refractivity contribution in [3.63, 3.8) is 0 Å². The first-order valence-electron chi connectivity index (χ1n) is 11.6. The van der Waals surface area contributed by atoms with Crippen LogP contribution in [-0.2, 0) is 19.7 Å². The molecule has 0 spiro atoms. The van der Waals surface area contributed by atoms with Gasteiger partial charge in [0.15, 0.2) is 0 Å². The van der Waals surface area contributed by atoms with Gasteiger partial charge in [-0.15, -0.1) is 0 Å². The van der Waals surface area contributed by atoms with E-state index in [2.05, 4.69) is 29.2 Å². The molecule has 4 rings (SSSR count). The molecular formula is C27H28Cl2N4O3. The molecule has 4 aromatic rings. The number of carboxylic acids is 1. The van der Waals surface area contributed by atoms with E-state index < -0.39 is 5.97 Å². The van der Waals surface area contributed by atoms with Crippen molar-refractivity contribution in [3.8, 4) is 11.4 Å². The van der Waals surface area contributed by atoms with E-state index in [-0.39, 0.29) is 11.6 Å². The molecule has 36 heavy (non-hydrogen) atoms. The average molecular weight is 527 g/mol. The molecule has 0 bridgehead atoms. The molecule has 2 aromatic carbocycles. The number of nitrogens with one attached hydrogen (secondary N) is 2. The van der Waals surface area contributed by atoms with Gasteiger partial charge in [0.25, 0.3) is 0 Å². The lowest BCUT2D eigenvalue weighted by molar-refractivity contribution is 0.0691. The molecule has 0 radical (unpaired) electrons. The fraction of sp³-hybridized carbons (Fsp3) is 0.259. The number of ether oxygens (including phenoxy) is 1. The second-order valence-electron chi connectivity index (χ2n) is 8.87. The van der Waals surface area contributed by atoms with Crippen molar-refractivity contribution >= 4 is 29.2 Å². The number of aryl methyl sites for hydroxylation is 1. The van der Waals surface area contributed by atoms with E-state index in [1.807, 2.05) is 37.4 Å². The van der Waals surface area contributed by atoms with E-state index in [4.69, 9.17) is 33.0 Å². The first-order valence-corrected chi connectivity index (χ1v) is 12.4. The summed E-state index contributed by atoms with van der Waals surface area (Å²) in [5.74, 6) is 0.0330. The van der Waals surface area contributed by atoms with Gasteiger partial charge in [-0.1, -0.05) is 49.2 Å². The maximum Gasteiger partial charge on any atom is 0.352 e. The Morgan fingerprint density at radius 3 is 2.53 bits per heavy atom. The van der Waals surface area contributed by atoms with Crippen molar-refractivity contribution in [2.45, 2.75) is 46.4 Å². The zero-order chi connectivity index (χ0) is 25.8. The Labute approximate surface area is 220 Å². The molecule has 0 unspecified atom stereocenters. The summed E-state index contributed by atoms with van der Waals surface area (Å²) in [6.45, 7) is 7.75. The molecule has 0 aliphatic heterocycles. The van der Waals surface area contributed by atoms with Crippen LogP contribution >= 0.6 is 23.2 Å². The predicted molar refractivity (Wildman–Crippen MR) is 141 cm³/mol. The maximum atomic E-state index is 11.0. The number of halogens is 2. The van der Waals surface area contributed by atoms with Crippen LogP contribution in [0.2, 0.25) is 10.0 Å². The number of para-hydroxylation sites is 1. The normalized spacial score (nSPS) is 11.3. The minimum Gasteiger partial charge on any atom is -0.487 e. The van der Waals surface area contributed by atoms with E-state index in [9.17, 15) is 4.79 Å². The fourth-order valence-electron chi connectivity index (χ4n) is 4.01. The third kappa shape index (κ3) is 5.75. The van der Waals surface area contributed by atoms with Gasteiger partial charge in [-0.3, -0.25) is 0 Å². The highest BCUT2D eigenvalue weighted by atomic mass is 35.5. The minimum absolute atomic E-state index is 0.184. The highest BCUT2D eigenvalue weighted by Gasteiger charge is 2.19. The van der Waals surface area contributed by atoms with E-state index in [0.29, 0.717) is 35.4 Å². The molecular weight excluding hydrogens is 499 g/mol. The Hall–Kier alpha value is -3.26. The number of hydrogen-bond donors (Lipinski definition) is 3. The van der Waals surface area contributed by atoms with Crippen LogP contribution in [-0.4, -0.2) is 25.8 Å². The molecule has 3 N–H and O–H groups in total. The molecule has 0 saturated heterocycles. The predicted octanol–water partition coefficient (Wildman–Crippen LogP) is 6.51. The van der Waals surface area contributed by atoms with E-state index in [1.54, 1.807) is 28.9 Å². The summed E-state index contributed by atoms with van der Waals surface area (Å²) in [6, 6.07) is 14.7. The van der Waals surface area contributed by atoms with Crippen molar-refractivity contribution in [2.24, 2.45) is 0 Å². The molecule has 0 aliphatic carbocycles. The summed E-state index contributed by atoms with van der Waals surface area (Å²) in [5.41, 5.74) is 5.83. The second-order valence-corrected chi connectivity index (χ2v) is 9.68. The number of aromatic carboxylic acids is 1. The Kier molecular flexibility index (Phi) is 8.04. The third-order valence-electron chi connectivity index (χ3n) is 5.97. The van der Waals surface area contributed by atoms with Crippen molar-refractivity contribution < 1.29 is 14.6 Å². The molecule has 2 heterocycles. The largest absolute Gasteiger partial charge is 0.487 e. The maximum absolute atomic E-state index is 11.0. The number of carboxylic acid groups (broad SMARTS) is 1. The van der Waals surface area contributed by atoms with E-state index >= 15 is 0 Å². The van der Waals surface area contributed by atoms with Crippen LogP contribution in [0.1, 0.15) is 58.3 Å². The van der Waals surface area contributed by atoms with Crippen molar-refractivity contribution in [3.05, 3.63) is 98.5 Å². The number of H-pyrrole nitrogens is 1. The fourth-order valence-corrected chi connectivity index (χ4v) is 4.56. The monoisotopic (exact) mass is 526 g/mol. The molecule has 188 valence electrons. The Morgan fingerprint density at radius 2 is 1.89 bits per heavy atom. The van der Waals surface area contributed by atoms with Gasteiger partial charge in [0.2, 0.25) is 0 Å². The SMILES string of the molecule is Cc1cc(OCc2c(C(C)C)cnn2-c2c(Cl)cccc2Cl)ccc1CNCc1ccc(C(=O)O)[nH]1. The van der Waals surface area contributed by atoms with Crippen molar-refractivity contribution in [2.75, 3.05) is 0 Å². The first kappa shape index (κ1) is 25.8. The zero-order valence-electron chi connectivity index (χ0n) is 20.3. The van der Waals surface area contributed by atoms with E-state index in [1.165, 1.54) is 0 Å². The Bertz CT molecular complexity index is 1360. The number of aromatic nitrogens is 3. The van der Waals surface area contributed by atoms with Crippen LogP contribution in [0, 0.1) is 6.92 Å². The summed E-state index contributed by atoms with van der Waals surface area (Å²) in [7, 11) is 0. The number of nitrogens with zero attached hydrogens (tertiary/aromatic N) is 2. The molecule has 9 heteroatoms. The van der Waals surface area contributed by atoms with Crippen molar-refractivity contribution in [1.82, 2.24) is 20.1 Å². The van der Waals surface area contributed by atoms with E-state index in [0.717, 1.165) is 33.8 Å². The van der Waals surface area contributed by atoms with Crippen LogP contribution < -0.4 is 10.1 Å². The summed E-state index contributed by atoms with van der Waals surface area (Å²) in [5, 5.41) is 18.0. The first-order chi connectivity index (χ1) is 17.2. The smallest absolute Gasteiger partial charge is 0.352 e. The highest BCUT2D eigenvalue weighted by molar-refractivity contribution is 6.37. The van der Waals surface area contributed by atoms with Gasteiger partial charge in [0.05, 0.1) is 21.9 Å². The van der Waals surface area contributed by atoms with Gasteiger partial charge in [0, 0.05) is 18.8 Å². The lowest BCUT2D eigenvalue weighted by atomic mass is 10.0. The highest BCUT2D eigenvalue weighted by Crippen LogP contribution is 2.32. The summed E-state index contributed by atoms with van der Waals surface area (Å²) in [6.07, 6.45) is 1.84. The van der Waals surface area contributed by atoms with Crippen LogP contribution in [0.5, 0.6) is 5.75 Å². The lowest BCUT2D eigenvalue weighted by Gasteiger charge is -2.15. The number of benzene rings is 2. The molecule has 0 atom stereocenters. The lowest BCUT2D eigenvalue weighted by Crippen LogP contribution is -2.14. The molecule has 0 amide bonds. The van der Waals surface area contributed by atoms with Gasteiger partial charge in [-0.25, -0.2) is 9.48 Å². The van der Waals surface area contributed by atoms with Crippen LogP contribution in [0.4, 0.5) is 0 Å². The quantitative estimate of drug-likeness (QED) is 0.219. The van der Waals surface area contributed by atoms with Gasteiger partial charge < -0.3 is 20.1 Å². The van der Waals surface area contributed by atoms with Gasteiger partial charge in [-0.2, -0.15) is 5.10 Å². The minimum atomic E-state index is -0.966. The zero-order valence-corrected chi connectivity index (χ0v) is 21.8. The van der Waals surface area contributed by atoms with Gasteiger partial charge in [-0.05, 0) is 65.9 Å². The molecule has 0 fully saturated rings. The van der Waals surface area contributed by atoms with Gasteiger partial charge >= 0.3 is 5.97 Å². The molecule has 2 aromatic heterocycles. The van der Waals surface area contributed by atoms with Gasteiger partial charge in [0.1, 0.15) is 23.7 Å². The summed E-state index contributed by atoms with van der Waals surface area (Å²) >= 11 is 12.9. The average Bonchev–Trinajstić information content (AvgIpc) is 3.47. The number of hydrogen-bond acceptors (Lipinski definition) is 4. The summed E-state index contributed by atoms with van der Waals surface area (Å²) < 4.78 is 7.96. The molecule has 7 nitrogen and oxygen atoms in total. The molecule has 0 aliphatic rings. The second kappa shape index (κ2) is 11.2. The van der Waals surface area contributed by atoms with Crippen LogP contribution in [0.15, 0.2) is 54.7 Å². The topological polar surface area (TPSA) is 92.2 Å². The number of rotatable bonds is 10. The van der Waals surface area contributed by atoms with Crippen LogP contribution in [0.25, 0.3) is 5.69 Å².